The highest BCUT2D eigenvalue weighted by molar-refractivity contribution is 5.43. The Morgan fingerprint density at radius 2 is 2.00 bits per heavy atom. The van der Waals surface area contributed by atoms with E-state index in [1.165, 1.54) is 23.6 Å². The Balaban J connectivity index is 1.65. The molecule has 0 amide bonds. The van der Waals surface area contributed by atoms with Crippen LogP contribution in [0.3, 0.4) is 0 Å². The molecular formula is C14H19FN6O. The van der Waals surface area contributed by atoms with Crippen LogP contribution in [0, 0.1) is 5.82 Å². The fourth-order valence-electron chi connectivity index (χ4n) is 2.56. The standard InChI is InChI=1S/C14H19FN6O/c15-11-9-10(21-14(17)18-13(16)19-21)3-4-12(11)22-8-7-20-5-1-2-6-20/h3-4,9H,1-2,5-8H2,(H4,16,17,18,19). The van der Waals surface area contributed by atoms with E-state index in [-0.39, 0.29) is 17.6 Å². The lowest BCUT2D eigenvalue weighted by Gasteiger charge is -2.15. The average Bonchev–Trinajstić information content (AvgIpc) is 3.10. The van der Waals surface area contributed by atoms with Crippen molar-refractivity contribution in [2.24, 2.45) is 0 Å². The molecule has 8 heteroatoms. The third kappa shape index (κ3) is 3.11. The summed E-state index contributed by atoms with van der Waals surface area (Å²) in [7, 11) is 0. The summed E-state index contributed by atoms with van der Waals surface area (Å²) in [6, 6.07) is 4.53. The highest BCUT2D eigenvalue weighted by Crippen LogP contribution is 2.22. The molecule has 1 fully saturated rings. The van der Waals surface area contributed by atoms with Crippen molar-refractivity contribution in [3.8, 4) is 11.4 Å². The molecular weight excluding hydrogens is 287 g/mol. The van der Waals surface area contributed by atoms with Gasteiger partial charge in [0.1, 0.15) is 6.61 Å². The molecule has 1 aliphatic heterocycles. The summed E-state index contributed by atoms with van der Waals surface area (Å²) in [5.74, 6) is -0.0922. The number of hydrogen-bond donors (Lipinski definition) is 2. The van der Waals surface area contributed by atoms with E-state index in [0.717, 1.165) is 19.6 Å². The predicted octanol–water partition coefficient (Wildman–Crippen LogP) is 1.05. The van der Waals surface area contributed by atoms with Crippen LogP contribution in [0.15, 0.2) is 18.2 Å². The molecule has 2 aromatic rings. The van der Waals surface area contributed by atoms with Crippen molar-refractivity contribution in [3.05, 3.63) is 24.0 Å². The zero-order chi connectivity index (χ0) is 15.5. The van der Waals surface area contributed by atoms with Crippen molar-refractivity contribution < 1.29 is 9.13 Å². The van der Waals surface area contributed by atoms with Gasteiger partial charge in [0, 0.05) is 12.6 Å². The Morgan fingerprint density at radius 3 is 2.64 bits per heavy atom. The van der Waals surface area contributed by atoms with Crippen LogP contribution in [0.4, 0.5) is 16.3 Å². The minimum atomic E-state index is -0.465. The van der Waals surface area contributed by atoms with E-state index < -0.39 is 5.82 Å². The van der Waals surface area contributed by atoms with Gasteiger partial charge in [-0.2, -0.15) is 9.67 Å². The molecule has 118 valence electrons. The average molecular weight is 306 g/mol. The molecule has 0 radical (unpaired) electrons. The summed E-state index contributed by atoms with van der Waals surface area (Å²) in [6.45, 7) is 3.47. The quantitative estimate of drug-likeness (QED) is 0.857. The highest BCUT2D eigenvalue weighted by atomic mass is 19.1. The molecule has 0 aliphatic carbocycles. The van der Waals surface area contributed by atoms with E-state index in [2.05, 4.69) is 15.0 Å². The first-order chi connectivity index (χ1) is 10.6. The third-order valence-corrected chi connectivity index (χ3v) is 3.67. The van der Waals surface area contributed by atoms with Crippen LogP contribution < -0.4 is 16.2 Å². The fraction of sp³-hybridized carbons (Fsp3) is 0.429. The molecule has 0 bridgehead atoms. The second kappa shape index (κ2) is 6.18. The van der Waals surface area contributed by atoms with Crippen molar-refractivity contribution in [2.75, 3.05) is 37.7 Å². The second-order valence-corrected chi connectivity index (χ2v) is 5.25. The molecule has 1 aliphatic rings. The molecule has 1 aromatic heterocycles. The van der Waals surface area contributed by atoms with Gasteiger partial charge in [-0.3, -0.25) is 4.90 Å². The van der Waals surface area contributed by atoms with E-state index in [1.807, 2.05) is 0 Å². The third-order valence-electron chi connectivity index (χ3n) is 3.67. The number of likely N-dealkylation sites (tertiary alicyclic amines) is 1. The Morgan fingerprint density at radius 1 is 1.23 bits per heavy atom. The molecule has 22 heavy (non-hydrogen) atoms. The number of aromatic nitrogens is 3. The summed E-state index contributed by atoms with van der Waals surface area (Å²) in [5, 5.41) is 3.91. The molecule has 0 atom stereocenters. The SMILES string of the molecule is Nc1nc(N)n(-c2ccc(OCCN3CCCC3)c(F)c2)n1. The molecule has 0 unspecified atom stereocenters. The van der Waals surface area contributed by atoms with Crippen LogP contribution in [0.25, 0.3) is 5.69 Å². The van der Waals surface area contributed by atoms with Gasteiger partial charge in [-0.05, 0) is 38.1 Å². The van der Waals surface area contributed by atoms with E-state index in [9.17, 15) is 4.39 Å². The minimum absolute atomic E-state index is 0.0452. The van der Waals surface area contributed by atoms with Crippen molar-refractivity contribution in [2.45, 2.75) is 12.8 Å². The molecule has 7 nitrogen and oxygen atoms in total. The smallest absolute Gasteiger partial charge is 0.241 e. The molecule has 2 heterocycles. The summed E-state index contributed by atoms with van der Waals surface area (Å²) in [4.78, 5) is 6.09. The Hall–Kier alpha value is -2.35. The van der Waals surface area contributed by atoms with Crippen molar-refractivity contribution in [1.82, 2.24) is 19.7 Å². The number of rotatable bonds is 5. The van der Waals surface area contributed by atoms with Gasteiger partial charge in [0.05, 0.1) is 5.69 Å². The number of hydrogen-bond acceptors (Lipinski definition) is 6. The van der Waals surface area contributed by atoms with Crippen LogP contribution in [0.5, 0.6) is 5.75 Å². The summed E-state index contributed by atoms with van der Waals surface area (Å²) in [6.07, 6.45) is 2.46. The first-order valence-electron chi connectivity index (χ1n) is 7.26. The Bertz CT molecular complexity index is 653. The lowest BCUT2D eigenvalue weighted by Crippen LogP contribution is -2.25. The van der Waals surface area contributed by atoms with E-state index in [1.54, 1.807) is 12.1 Å². The number of benzene rings is 1. The molecule has 0 saturated carbocycles. The number of halogens is 1. The van der Waals surface area contributed by atoms with Gasteiger partial charge in [-0.1, -0.05) is 0 Å². The maximum atomic E-state index is 14.1. The Kier molecular flexibility index (Phi) is 4.10. The van der Waals surface area contributed by atoms with Gasteiger partial charge in [0.15, 0.2) is 11.6 Å². The Labute approximate surface area is 127 Å². The van der Waals surface area contributed by atoms with Crippen LogP contribution >= 0.6 is 0 Å². The summed E-state index contributed by atoms with van der Waals surface area (Å²) in [5.41, 5.74) is 11.6. The number of anilines is 2. The monoisotopic (exact) mass is 306 g/mol. The molecule has 3 rings (SSSR count). The van der Waals surface area contributed by atoms with E-state index in [4.69, 9.17) is 16.2 Å². The van der Waals surface area contributed by atoms with Crippen molar-refractivity contribution in [1.29, 1.82) is 0 Å². The lowest BCUT2D eigenvalue weighted by atomic mass is 10.3. The van der Waals surface area contributed by atoms with Crippen LogP contribution in [-0.2, 0) is 0 Å². The van der Waals surface area contributed by atoms with Gasteiger partial charge in [0.25, 0.3) is 0 Å². The van der Waals surface area contributed by atoms with Gasteiger partial charge in [-0.15, -0.1) is 5.10 Å². The zero-order valence-corrected chi connectivity index (χ0v) is 12.2. The summed E-state index contributed by atoms with van der Waals surface area (Å²) >= 11 is 0. The number of ether oxygens (including phenoxy) is 1. The topological polar surface area (TPSA) is 95.2 Å². The van der Waals surface area contributed by atoms with E-state index in [0.29, 0.717) is 12.3 Å². The van der Waals surface area contributed by atoms with Crippen LogP contribution in [-0.4, -0.2) is 45.9 Å². The van der Waals surface area contributed by atoms with E-state index >= 15 is 0 Å². The first-order valence-corrected chi connectivity index (χ1v) is 7.26. The summed E-state index contributed by atoms with van der Waals surface area (Å²) < 4.78 is 20.9. The van der Waals surface area contributed by atoms with Crippen LogP contribution in [0.2, 0.25) is 0 Å². The fourth-order valence-corrected chi connectivity index (χ4v) is 2.56. The van der Waals surface area contributed by atoms with Crippen molar-refractivity contribution >= 4 is 11.9 Å². The molecule has 4 N–H and O–H groups in total. The maximum absolute atomic E-state index is 14.1. The largest absolute Gasteiger partial charge is 0.489 e. The lowest BCUT2D eigenvalue weighted by molar-refractivity contribution is 0.231. The van der Waals surface area contributed by atoms with Gasteiger partial charge >= 0.3 is 0 Å². The normalized spacial score (nSPS) is 15.3. The molecule has 0 spiro atoms. The first kappa shape index (κ1) is 14.6. The molecule has 1 aromatic carbocycles. The zero-order valence-electron chi connectivity index (χ0n) is 12.2. The van der Waals surface area contributed by atoms with Gasteiger partial charge in [0.2, 0.25) is 11.9 Å². The number of nitrogens with two attached hydrogens (primary N) is 2. The number of nitrogens with zero attached hydrogens (tertiary/aromatic N) is 4. The van der Waals surface area contributed by atoms with Gasteiger partial charge in [-0.25, -0.2) is 4.39 Å². The van der Waals surface area contributed by atoms with Crippen molar-refractivity contribution in [3.63, 3.8) is 0 Å². The van der Waals surface area contributed by atoms with Gasteiger partial charge < -0.3 is 16.2 Å². The van der Waals surface area contributed by atoms with Crippen LogP contribution in [0.1, 0.15) is 12.8 Å². The predicted molar refractivity (Wildman–Crippen MR) is 81.3 cm³/mol. The molecule has 1 saturated heterocycles. The maximum Gasteiger partial charge on any atom is 0.241 e. The minimum Gasteiger partial charge on any atom is -0.489 e. The number of nitrogen functional groups attached to an aromatic ring is 2. The highest BCUT2D eigenvalue weighted by Gasteiger charge is 2.13. The second-order valence-electron chi connectivity index (χ2n) is 5.25.